The van der Waals surface area contributed by atoms with Gasteiger partial charge in [0.1, 0.15) is 0 Å². The number of hydrogen-bond acceptors (Lipinski definition) is 7. The average Bonchev–Trinajstić information content (AvgIpc) is 2.85. The molecule has 8 aromatic rings. The SMILES string of the molecule is C1CCOC1.CC(C)(c1ccccc1)c1ccc(Nc2ccc(C(C)(C)c3ccccc3)cc2)cc1.CC1(C)COP(Cl)OC1.CC1(C)COP(N(c2ccc(C(C)(C)c3ccccc3)cc2)c2ccc(C(C)(C)c3ccccc3)cc2)OC1.[2H]PPCl. The highest BCUT2D eigenvalue weighted by Gasteiger charge is 2.36. The Bertz CT molecular complexity index is 3070. The number of benzene rings is 8. The first-order valence-corrected chi connectivity index (χ1v) is 36.8. The lowest BCUT2D eigenvalue weighted by atomic mass is 9.78. The summed E-state index contributed by atoms with van der Waals surface area (Å²) in [5.41, 5.74) is 14.7. The normalized spacial score (nSPS) is 16.4. The highest BCUT2D eigenvalue weighted by atomic mass is 35.7. The third-order valence-electron chi connectivity index (χ3n) is 16.4. The summed E-state index contributed by atoms with van der Waals surface area (Å²) in [6.45, 7) is 31.5. The second-order valence-electron chi connectivity index (χ2n) is 25.9. The third-order valence-corrected chi connectivity index (χ3v) is 19.1. The van der Waals surface area contributed by atoms with Crippen LogP contribution in [0.25, 0.3) is 0 Å². The molecule has 3 aliphatic rings. The van der Waals surface area contributed by atoms with Crippen molar-refractivity contribution in [2.75, 3.05) is 49.6 Å². The highest BCUT2D eigenvalue weighted by Crippen LogP contribution is 2.55. The van der Waals surface area contributed by atoms with Crippen LogP contribution in [0.1, 0.15) is 140 Å². The quantitative estimate of drug-likeness (QED) is 0.109. The van der Waals surface area contributed by atoms with E-state index in [1.54, 1.807) is 0 Å². The van der Waals surface area contributed by atoms with Gasteiger partial charge in [0.25, 0.3) is 16.3 Å². The maximum Gasteiger partial charge on any atom is 0.294 e. The molecule has 3 heterocycles. The van der Waals surface area contributed by atoms with Gasteiger partial charge in [0.2, 0.25) is 0 Å². The van der Waals surface area contributed by atoms with Crippen LogP contribution in [0.15, 0.2) is 218 Å². The van der Waals surface area contributed by atoms with E-state index in [1.165, 1.54) is 57.3 Å². The molecule has 2 atom stereocenters. The largest absolute Gasteiger partial charge is 0.381 e. The van der Waals surface area contributed by atoms with E-state index in [0.717, 1.165) is 36.0 Å². The van der Waals surface area contributed by atoms with Crippen LogP contribution in [0.3, 0.4) is 0 Å². The van der Waals surface area contributed by atoms with Gasteiger partial charge in [-0.05, 0) is 125 Å². The summed E-state index contributed by atoms with van der Waals surface area (Å²) < 4.78 is 36.5. The molecule has 0 radical (unpaired) electrons. The molecular weight excluding hydrogens is 1190 g/mol. The first kappa shape index (κ1) is 68.4. The molecule has 0 saturated carbocycles. The van der Waals surface area contributed by atoms with Crippen molar-refractivity contribution in [1.29, 1.82) is 1.28 Å². The summed E-state index contributed by atoms with van der Waals surface area (Å²) in [6.07, 6.45) is 2.56. The van der Waals surface area contributed by atoms with Crippen LogP contribution in [0, 0.1) is 10.8 Å². The van der Waals surface area contributed by atoms with Crippen molar-refractivity contribution in [3.8, 4) is 0 Å². The summed E-state index contributed by atoms with van der Waals surface area (Å²) in [4.78, 5) is 0. The maximum atomic E-state index is 6.37. The van der Waals surface area contributed by atoms with Crippen LogP contribution in [0.5, 0.6) is 0 Å². The molecule has 0 bridgehead atoms. The fourth-order valence-electron chi connectivity index (χ4n) is 10.3. The van der Waals surface area contributed by atoms with Gasteiger partial charge in [-0.25, -0.2) is 0 Å². The highest BCUT2D eigenvalue weighted by molar-refractivity contribution is 8.16. The predicted octanol–water partition coefficient (Wildman–Crippen LogP) is 22.8. The van der Waals surface area contributed by atoms with E-state index < -0.39 is 16.3 Å². The predicted molar refractivity (Wildman–Crippen MR) is 380 cm³/mol. The van der Waals surface area contributed by atoms with Gasteiger partial charge in [0, 0.05) is 68.5 Å². The van der Waals surface area contributed by atoms with Crippen molar-refractivity contribution in [1.82, 2.24) is 0 Å². The molecule has 0 aliphatic carbocycles. The van der Waals surface area contributed by atoms with Crippen molar-refractivity contribution in [2.24, 2.45) is 10.8 Å². The lowest BCUT2D eigenvalue weighted by Crippen LogP contribution is -2.31. The molecule has 7 nitrogen and oxygen atoms in total. The third kappa shape index (κ3) is 20.0. The minimum atomic E-state index is -1.28. The number of nitrogens with one attached hydrogen (secondary N) is 1. The fourth-order valence-corrected chi connectivity index (χ4v) is 13.4. The molecule has 11 rings (SSSR count). The first-order chi connectivity index (χ1) is 42.0. The van der Waals surface area contributed by atoms with Crippen LogP contribution in [0.2, 0.25) is 0 Å². The van der Waals surface area contributed by atoms with Gasteiger partial charge in [0.15, 0.2) is 0 Å². The van der Waals surface area contributed by atoms with E-state index in [1.807, 2.05) is 0 Å². The second-order valence-corrected chi connectivity index (χ2v) is 31.6. The minimum absolute atomic E-state index is 0.0115. The number of halogens is 2. The molecule has 2 unspecified atom stereocenters. The van der Waals surface area contributed by atoms with Gasteiger partial charge in [-0.1, -0.05) is 273 Å². The summed E-state index contributed by atoms with van der Waals surface area (Å²) in [5.74, 6) is 0. The van der Waals surface area contributed by atoms with E-state index in [4.69, 9.17) is 46.6 Å². The monoisotopic (exact) mass is 1280 g/mol. The Morgan fingerprint density at radius 2 is 0.678 bits per heavy atom. The van der Waals surface area contributed by atoms with E-state index in [9.17, 15) is 0 Å². The summed E-state index contributed by atoms with van der Waals surface area (Å²) in [5, 5.41) is 3.54. The molecule has 3 aliphatic heterocycles. The first-order valence-electron chi connectivity index (χ1n) is 30.6. The number of anilines is 4. The Labute approximate surface area is 539 Å². The van der Waals surface area contributed by atoms with Crippen molar-refractivity contribution in [3.05, 3.63) is 263 Å². The van der Waals surface area contributed by atoms with Crippen LogP contribution in [0.4, 0.5) is 22.7 Å². The molecule has 87 heavy (non-hydrogen) atoms. The van der Waals surface area contributed by atoms with Crippen molar-refractivity contribution in [2.45, 2.75) is 118 Å². The number of hydrogen-bond donors (Lipinski definition) is 1. The van der Waals surface area contributed by atoms with Crippen LogP contribution in [-0.4, -0.2) is 40.9 Å². The Morgan fingerprint density at radius 1 is 0.425 bits per heavy atom. The van der Waals surface area contributed by atoms with Gasteiger partial charge < -0.3 is 28.1 Å². The van der Waals surface area contributed by atoms with E-state index >= 15 is 0 Å². The minimum Gasteiger partial charge on any atom is -0.381 e. The van der Waals surface area contributed by atoms with Crippen molar-refractivity contribution in [3.63, 3.8) is 0 Å². The topological polar surface area (TPSA) is 61.4 Å². The molecule has 0 amide bonds. The Balaban J connectivity index is 0.000000198. The van der Waals surface area contributed by atoms with Crippen molar-refractivity contribution >= 4 is 78.0 Å². The zero-order valence-electron chi connectivity index (χ0n) is 54.1. The van der Waals surface area contributed by atoms with Crippen LogP contribution < -0.4 is 9.99 Å². The summed E-state index contributed by atoms with van der Waals surface area (Å²) in [7, 11) is -1.86. The van der Waals surface area contributed by atoms with Gasteiger partial charge in [-0.15, -0.1) is 0 Å². The molecule has 3 fully saturated rings. The summed E-state index contributed by atoms with van der Waals surface area (Å²) in [6, 6.07) is 78.1. The number of nitrogens with zero attached hydrogens (tertiary/aromatic N) is 1. The Hall–Kier alpha value is -4.54. The molecule has 13 heteroatoms. The zero-order valence-corrected chi connectivity index (χ0v) is 58.4. The number of rotatable bonds is 14. The average molecular weight is 1290 g/mol. The second kappa shape index (κ2) is 32.5. The molecular formula is C74H92Cl2N2O5P4. The maximum absolute atomic E-state index is 6.37. The fraction of sp³-hybridized carbons (Fsp3) is 0.351. The lowest BCUT2D eigenvalue weighted by molar-refractivity contribution is 0.0618. The molecule has 1 N–H and O–H groups in total. The molecule has 8 aromatic carbocycles. The van der Waals surface area contributed by atoms with Crippen LogP contribution >= 0.6 is 55.2 Å². The lowest BCUT2D eigenvalue weighted by Gasteiger charge is -2.39. The Kier molecular flexibility index (Phi) is 25.5. The summed E-state index contributed by atoms with van der Waals surface area (Å²) >= 11 is 10.6. The zero-order chi connectivity index (χ0) is 63.4. The standard InChI is InChI=1S/C35H40NO2P.C30H31N.C5H10ClO2P.C4H8O.ClH3P2/c1-33(2)25-37-39(38-26-33)36(31-21-17-29(18-22-31)34(3,4)27-13-9-7-10-14-27)32-23-19-30(20-24-32)35(5,6)28-15-11-8-12-16-28;1-29(2,23-11-7-5-8-12-23)25-15-19-27(20-16-25)31-28-21-17-26(18-22-28)30(3,4)24-13-9-6-10-14-24;1-5(2)3-7-9(6)8-4-5;1-2-4-5-3-1;1-3-2/h7-24H,25-26H2,1-6H3;5-22,31H,1-4H3;3-4H2,1-2H3;1-4H2;3H,2H2/i;;;;2D. The molecule has 0 aromatic heterocycles. The van der Waals surface area contributed by atoms with Gasteiger partial charge >= 0.3 is 0 Å². The van der Waals surface area contributed by atoms with E-state index in [0.29, 0.717) is 34.0 Å². The van der Waals surface area contributed by atoms with Gasteiger partial charge in [-0.3, -0.25) is 4.67 Å². The van der Waals surface area contributed by atoms with Gasteiger partial charge in [0.05, 0.1) is 27.7 Å². The van der Waals surface area contributed by atoms with Gasteiger partial charge in [-0.2, -0.15) is 0 Å². The Morgan fingerprint density at radius 3 is 0.920 bits per heavy atom. The van der Waals surface area contributed by atoms with E-state index in [-0.39, 0.29) is 41.4 Å². The smallest absolute Gasteiger partial charge is 0.294 e. The van der Waals surface area contributed by atoms with E-state index in [2.05, 4.69) is 311 Å². The van der Waals surface area contributed by atoms with Crippen molar-refractivity contribution < 1.29 is 22.8 Å². The molecule has 462 valence electrons. The number of ether oxygens (including phenoxy) is 1. The molecule has 3 saturated heterocycles. The van der Waals surface area contributed by atoms with Crippen LogP contribution in [-0.2, 0) is 44.5 Å². The molecule has 0 spiro atoms.